The lowest BCUT2D eigenvalue weighted by Gasteiger charge is -2.34. The largest absolute Gasteiger partial charge is 0.352 e. The molecule has 28 heavy (non-hydrogen) atoms. The number of pyridine rings is 1. The van der Waals surface area contributed by atoms with Crippen molar-refractivity contribution in [2.75, 3.05) is 5.32 Å². The van der Waals surface area contributed by atoms with E-state index in [1.54, 1.807) is 48.8 Å². The van der Waals surface area contributed by atoms with Crippen LogP contribution in [0.3, 0.4) is 0 Å². The lowest BCUT2D eigenvalue weighted by molar-refractivity contribution is 0.241. The summed E-state index contributed by atoms with van der Waals surface area (Å²) < 4.78 is 13.6. The molecule has 0 aliphatic rings. The van der Waals surface area contributed by atoms with Crippen molar-refractivity contribution in [3.63, 3.8) is 0 Å². The molecule has 0 radical (unpaired) electrons. The topological polar surface area (TPSA) is 106 Å². The van der Waals surface area contributed by atoms with Gasteiger partial charge in [-0.3, -0.25) is 4.98 Å². The predicted octanol–water partition coefficient (Wildman–Crippen LogP) is 2.79. The number of aromatic nitrogens is 3. The minimum Gasteiger partial charge on any atom is -0.352 e. The Morgan fingerprint density at radius 3 is 2.39 bits per heavy atom. The fourth-order valence-corrected chi connectivity index (χ4v) is 2.99. The zero-order valence-electron chi connectivity index (χ0n) is 15.6. The number of halogens is 1. The third-order valence-electron chi connectivity index (χ3n) is 4.09. The van der Waals surface area contributed by atoms with Gasteiger partial charge in [-0.2, -0.15) is 0 Å². The molecule has 0 saturated heterocycles. The minimum absolute atomic E-state index is 0.106. The minimum atomic E-state index is -1.32. The Balaban J connectivity index is 2.29. The van der Waals surface area contributed by atoms with Gasteiger partial charge in [0.25, 0.3) is 0 Å². The first-order chi connectivity index (χ1) is 13.4. The fourth-order valence-electron chi connectivity index (χ4n) is 2.99. The summed E-state index contributed by atoms with van der Waals surface area (Å²) >= 11 is 0. The van der Waals surface area contributed by atoms with Crippen LogP contribution < -0.4 is 16.4 Å². The van der Waals surface area contributed by atoms with Crippen LogP contribution in [0.15, 0.2) is 60.9 Å². The van der Waals surface area contributed by atoms with Crippen molar-refractivity contribution in [2.45, 2.75) is 25.4 Å². The Kier molecular flexibility index (Phi) is 5.49. The number of nitrogens with zero attached hydrogens (tertiary/aromatic N) is 3. The van der Waals surface area contributed by atoms with Crippen LogP contribution in [0.5, 0.6) is 0 Å². The number of amides is 2. The molecule has 0 bridgehead atoms. The number of benzene rings is 1. The number of hydrogen-bond donors (Lipinski definition) is 3. The second-order valence-corrected chi connectivity index (χ2v) is 6.53. The maximum atomic E-state index is 13.6. The van der Waals surface area contributed by atoms with E-state index in [0.717, 1.165) is 0 Å². The lowest BCUT2D eigenvalue weighted by Crippen LogP contribution is -2.51. The van der Waals surface area contributed by atoms with Crippen molar-refractivity contribution in [1.29, 1.82) is 0 Å². The smallest absolute Gasteiger partial charge is 0.313 e. The summed E-state index contributed by atoms with van der Waals surface area (Å²) in [6.07, 6.45) is 3.18. The molecule has 3 rings (SSSR count). The van der Waals surface area contributed by atoms with Crippen LogP contribution in [-0.4, -0.2) is 27.0 Å². The molecular formula is C20H21FN6O. The van der Waals surface area contributed by atoms with Gasteiger partial charge in [0, 0.05) is 18.4 Å². The first kappa shape index (κ1) is 19.2. The van der Waals surface area contributed by atoms with Crippen LogP contribution in [0, 0.1) is 5.82 Å². The van der Waals surface area contributed by atoms with Crippen molar-refractivity contribution in [1.82, 2.24) is 20.3 Å². The van der Waals surface area contributed by atoms with Gasteiger partial charge in [0.15, 0.2) is 5.54 Å². The van der Waals surface area contributed by atoms with E-state index in [2.05, 4.69) is 25.6 Å². The molecule has 0 spiro atoms. The number of nitrogens with two attached hydrogens (primary N) is 1. The second-order valence-electron chi connectivity index (χ2n) is 6.53. The van der Waals surface area contributed by atoms with Crippen LogP contribution in [0.4, 0.5) is 15.1 Å². The van der Waals surface area contributed by atoms with Crippen LogP contribution in [-0.2, 0) is 5.54 Å². The summed E-state index contributed by atoms with van der Waals surface area (Å²) in [5.74, 6) is -0.0104. The normalized spacial score (nSPS) is 13.0. The summed E-state index contributed by atoms with van der Waals surface area (Å²) in [4.78, 5) is 25.3. The molecule has 1 unspecified atom stereocenters. The number of hydrogen-bond acceptors (Lipinski definition) is 5. The SMILES string of the molecule is CC(C)Nc1nccc(C(NC(N)=O)(c2ccc(F)cc2)c2ccccn2)n1. The van der Waals surface area contributed by atoms with Gasteiger partial charge < -0.3 is 16.4 Å². The van der Waals surface area contributed by atoms with E-state index in [-0.39, 0.29) is 6.04 Å². The van der Waals surface area contributed by atoms with E-state index in [9.17, 15) is 9.18 Å². The van der Waals surface area contributed by atoms with Crippen molar-refractivity contribution in [2.24, 2.45) is 5.73 Å². The molecule has 0 aliphatic carbocycles. The highest BCUT2D eigenvalue weighted by molar-refractivity contribution is 5.75. The molecule has 7 nitrogen and oxygen atoms in total. The Bertz CT molecular complexity index is 948. The monoisotopic (exact) mass is 380 g/mol. The molecule has 2 aromatic heterocycles. The van der Waals surface area contributed by atoms with Crippen LogP contribution in [0.25, 0.3) is 0 Å². The number of carbonyl (C=O) groups is 1. The summed E-state index contributed by atoms with van der Waals surface area (Å²) in [5.41, 5.74) is 5.68. The molecular weight excluding hydrogens is 359 g/mol. The number of urea groups is 1. The number of anilines is 1. The van der Waals surface area contributed by atoms with E-state index in [1.165, 1.54) is 12.1 Å². The Morgan fingerprint density at radius 2 is 1.79 bits per heavy atom. The summed E-state index contributed by atoms with van der Waals surface area (Å²) in [6, 6.07) is 12.0. The molecule has 4 N–H and O–H groups in total. The second kappa shape index (κ2) is 7.99. The van der Waals surface area contributed by atoms with Gasteiger partial charge >= 0.3 is 6.03 Å². The quantitative estimate of drug-likeness (QED) is 0.610. The first-order valence-corrected chi connectivity index (χ1v) is 8.77. The van der Waals surface area contributed by atoms with E-state index >= 15 is 0 Å². The third kappa shape index (κ3) is 3.90. The summed E-state index contributed by atoms with van der Waals surface area (Å²) in [5, 5.41) is 5.91. The van der Waals surface area contributed by atoms with Gasteiger partial charge in [0.2, 0.25) is 5.95 Å². The highest BCUT2D eigenvalue weighted by Gasteiger charge is 2.40. The predicted molar refractivity (Wildman–Crippen MR) is 104 cm³/mol. The maximum Gasteiger partial charge on any atom is 0.313 e. The van der Waals surface area contributed by atoms with Crippen LogP contribution in [0.2, 0.25) is 0 Å². The van der Waals surface area contributed by atoms with E-state index in [4.69, 9.17) is 5.73 Å². The third-order valence-corrected chi connectivity index (χ3v) is 4.09. The van der Waals surface area contributed by atoms with E-state index in [0.29, 0.717) is 22.9 Å². The van der Waals surface area contributed by atoms with E-state index in [1.807, 2.05) is 13.8 Å². The van der Waals surface area contributed by atoms with Crippen molar-refractivity contribution in [3.05, 3.63) is 83.7 Å². The molecule has 0 saturated carbocycles. The molecule has 0 aliphatic heterocycles. The zero-order valence-corrected chi connectivity index (χ0v) is 15.6. The zero-order chi connectivity index (χ0) is 20.1. The van der Waals surface area contributed by atoms with Crippen LogP contribution in [0.1, 0.15) is 30.8 Å². The maximum absolute atomic E-state index is 13.6. The molecule has 2 heterocycles. The van der Waals surface area contributed by atoms with Crippen LogP contribution >= 0.6 is 0 Å². The average molecular weight is 380 g/mol. The Labute approximate surface area is 162 Å². The van der Waals surface area contributed by atoms with Gasteiger partial charge in [-0.05, 0) is 49.7 Å². The Hall–Kier alpha value is -3.55. The molecule has 8 heteroatoms. The first-order valence-electron chi connectivity index (χ1n) is 8.77. The van der Waals surface area contributed by atoms with Gasteiger partial charge in [-0.25, -0.2) is 19.2 Å². The molecule has 2 amide bonds. The summed E-state index contributed by atoms with van der Waals surface area (Å²) in [6.45, 7) is 3.92. The molecule has 3 aromatic rings. The molecule has 144 valence electrons. The summed E-state index contributed by atoms with van der Waals surface area (Å²) in [7, 11) is 0. The number of rotatable bonds is 6. The standard InChI is InChI=1S/C20H21FN6O/c1-13(2)25-19-24-12-10-17(26-19)20(27-18(22)28,16-5-3-4-11-23-16)14-6-8-15(21)9-7-14/h3-13H,1-2H3,(H3,22,27,28)(H,24,25,26). The van der Waals surface area contributed by atoms with Gasteiger partial charge in [-0.1, -0.05) is 18.2 Å². The molecule has 0 fully saturated rings. The highest BCUT2D eigenvalue weighted by atomic mass is 19.1. The molecule has 1 aromatic carbocycles. The van der Waals surface area contributed by atoms with Crippen molar-refractivity contribution >= 4 is 12.0 Å². The van der Waals surface area contributed by atoms with Gasteiger partial charge in [-0.15, -0.1) is 0 Å². The van der Waals surface area contributed by atoms with Gasteiger partial charge in [0.1, 0.15) is 5.82 Å². The fraction of sp³-hybridized carbons (Fsp3) is 0.200. The van der Waals surface area contributed by atoms with E-state index < -0.39 is 17.4 Å². The lowest BCUT2D eigenvalue weighted by atomic mass is 9.82. The van der Waals surface area contributed by atoms with Crippen molar-refractivity contribution in [3.8, 4) is 0 Å². The highest BCUT2D eigenvalue weighted by Crippen LogP contribution is 2.35. The Morgan fingerprint density at radius 1 is 1.04 bits per heavy atom. The molecule has 1 atom stereocenters. The number of primary amides is 1. The number of nitrogens with one attached hydrogen (secondary N) is 2. The van der Waals surface area contributed by atoms with Crippen molar-refractivity contribution < 1.29 is 9.18 Å². The average Bonchev–Trinajstić information content (AvgIpc) is 2.67. The number of carbonyl (C=O) groups excluding carboxylic acids is 1. The van der Waals surface area contributed by atoms with Gasteiger partial charge in [0.05, 0.1) is 11.4 Å².